The van der Waals surface area contributed by atoms with Crippen LogP contribution in [0.4, 0.5) is 0 Å². The molecular formula is C22H23N3O2S. The molecule has 144 valence electrons. The van der Waals surface area contributed by atoms with E-state index in [9.17, 15) is 0 Å². The molecule has 0 saturated carbocycles. The molecule has 5 nitrogen and oxygen atoms in total. The van der Waals surface area contributed by atoms with Gasteiger partial charge in [0.2, 0.25) is 11.6 Å². The summed E-state index contributed by atoms with van der Waals surface area (Å²) < 4.78 is 12.8. The predicted molar refractivity (Wildman–Crippen MR) is 113 cm³/mol. The maximum absolute atomic E-state index is 5.46. The predicted octanol–water partition coefficient (Wildman–Crippen LogP) is 4.75. The molecule has 28 heavy (non-hydrogen) atoms. The molecule has 6 heteroatoms. The molecule has 0 unspecified atom stereocenters. The van der Waals surface area contributed by atoms with Gasteiger partial charge in [-0.15, -0.1) is 11.3 Å². The second-order valence-corrected chi connectivity index (χ2v) is 7.93. The zero-order valence-electron chi connectivity index (χ0n) is 16.5. The minimum absolute atomic E-state index is 0.193. The van der Waals surface area contributed by atoms with Gasteiger partial charge in [-0.05, 0) is 68.7 Å². The standard InChI is InChI=1S/C22H23N3O2S/c1-14(2)24-22-25(19(12-28-22)18-7-5-15(3)16(4)9-18)23-11-17-6-8-20-21(10-17)27-13-26-20/h5-12,14H,13H2,1-4H3. The van der Waals surface area contributed by atoms with Crippen LogP contribution >= 0.6 is 11.3 Å². The molecule has 0 spiro atoms. The van der Waals surface area contributed by atoms with E-state index >= 15 is 0 Å². The number of hydrogen-bond acceptors (Lipinski definition) is 5. The number of benzene rings is 2. The SMILES string of the molecule is Cc1ccc(-c2csc(=NC(C)C)n2N=Cc2ccc3c(c2)OCO3)cc1C. The van der Waals surface area contributed by atoms with Crippen LogP contribution in [0.5, 0.6) is 11.5 Å². The van der Waals surface area contributed by atoms with E-state index in [0.29, 0.717) is 0 Å². The molecule has 0 fully saturated rings. The molecule has 0 amide bonds. The molecule has 1 aromatic heterocycles. The number of hydrogen-bond donors (Lipinski definition) is 0. The van der Waals surface area contributed by atoms with Crippen molar-refractivity contribution >= 4 is 17.6 Å². The monoisotopic (exact) mass is 393 g/mol. The van der Waals surface area contributed by atoms with Crippen molar-refractivity contribution in [1.29, 1.82) is 0 Å². The summed E-state index contributed by atoms with van der Waals surface area (Å²) in [7, 11) is 0. The second-order valence-electron chi connectivity index (χ2n) is 7.09. The Labute approximate surface area is 168 Å². The van der Waals surface area contributed by atoms with Crippen LogP contribution in [0.1, 0.15) is 30.5 Å². The Morgan fingerprint density at radius 1 is 1.04 bits per heavy atom. The Morgan fingerprint density at radius 3 is 2.64 bits per heavy atom. The number of thiazole rings is 1. The van der Waals surface area contributed by atoms with Gasteiger partial charge in [0, 0.05) is 17.0 Å². The first kappa shape index (κ1) is 18.5. The molecule has 4 rings (SSSR count). The molecule has 1 aliphatic rings. The summed E-state index contributed by atoms with van der Waals surface area (Å²) in [5.74, 6) is 1.52. The number of nitrogens with zero attached hydrogens (tertiary/aromatic N) is 3. The number of aryl methyl sites for hydroxylation is 2. The van der Waals surface area contributed by atoms with E-state index in [1.165, 1.54) is 11.1 Å². The Bertz CT molecular complexity index is 1110. The summed E-state index contributed by atoms with van der Waals surface area (Å²) in [4.78, 5) is 5.61. The summed E-state index contributed by atoms with van der Waals surface area (Å²) >= 11 is 1.60. The van der Waals surface area contributed by atoms with Crippen LogP contribution < -0.4 is 14.3 Å². The van der Waals surface area contributed by atoms with Gasteiger partial charge in [-0.3, -0.25) is 4.99 Å². The van der Waals surface area contributed by atoms with E-state index in [-0.39, 0.29) is 12.8 Å². The number of rotatable bonds is 4. The number of fused-ring (bicyclic) bond motifs is 1. The Kier molecular flexibility index (Phi) is 5.05. The largest absolute Gasteiger partial charge is 0.454 e. The fraction of sp³-hybridized carbons (Fsp3) is 0.273. The average molecular weight is 394 g/mol. The molecule has 2 heterocycles. The topological polar surface area (TPSA) is 48.1 Å². The first-order chi connectivity index (χ1) is 13.5. The fourth-order valence-electron chi connectivity index (χ4n) is 2.94. The van der Waals surface area contributed by atoms with Crippen LogP contribution in [0, 0.1) is 13.8 Å². The molecule has 0 bridgehead atoms. The van der Waals surface area contributed by atoms with Gasteiger partial charge in [-0.25, -0.2) is 4.68 Å². The molecule has 0 atom stereocenters. The molecule has 0 aliphatic carbocycles. The Balaban J connectivity index is 1.77. The van der Waals surface area contributed by atoms with E-state index in [1.54, 1.807) is 11.3 Å². The summed E-state index contributed by atoms with van der Waals surface area (Å²) in [6.45, 7) is 8.66. The normalized spacial score (nSPS) is 13.8. The molecule has 0 saturated heterocycles. The highest BCUT2D eigenvalue weighted by molar-refractivity contribution is 7.07. The summed E-state index contributed by atoms with van der Waals surface area (Å²) in [5.41, 5.74) is 5.65. The number of ether oxygens (including phenoxy) is 2. The molecule has 0 radical (unpaired) electrons. The molecule has 1 aliphatic heterocycles. The minimum atomic E-state index is 0.193. The molecule has 3 aromatic rings. The fourth-order valence-corrected chi connectivity index (χ4v) is 3.91. The highest BCUT2D eigenvalue weighted by Crippen LogP contribution is 2.32. The van der Waals surface area contributed by atoms with Crippen molar-refractivity contribution < 1.29 is 9.47 Å². The van der Waals surface area contributed by atoms with Gasteiger partial charge in [-0.2, -0.15) is 5.10 Å². The Morgan fingerprint density at radius 2 is 1.86 bits per heavy atom. The molecule has 2 aromatic carbocycles. The molecular weight excluding hydrogens is 370 g/mol. The van der Waals surface area contributed by atoms with Crippen LogP contribution in [0.15, 0.2) is 51.9 Å². The van der Waals surface area contributed by atoms with Gasteiger partial charge >= 0.3 is 0 Å². The lowest BCUT2D eigenvalue weighted by molar-refractivity contribution is 0.174. The van der Waals surface area contributed by atoms with E-state index < -0.39 is 0 Å². The lowest BCUT2D eigenvalue weighted by Gasteiger charge is -2.07. The van der Waals surface area contributed by atoms with E-state index in [0.717, 1.165) is 33.1 Å². The van der Waals surface area contributed by atoms with Crippen molar-refractivity contribution in [3.05, 3.63) is 63.3 Å². The zero-order chi connectivity index (χ0) is 19.7. The lowest BCUT2D eigenvalue weighted by Crippen LogP contribution is -2.14. The van der Waals surface area contributed by atoms with Crippen molar-refractivity contribution in [3.63, 3.8) is 0 Å². The summed E-state index contributed by atoms with van der Waals surface area (Å²) in [5, 5.41) is 6.87. The maximum Gasteiger partial charge on any atom is 0.231 e. The van der Waals surface area contributed by atoms with Gasteiger partial charge in [-0.1, -0.05) is 12.1 Å². The Hall–Kier alpha value is -2.86. The van der Waals surface area contributed by atoms with Gasteiger partial charge in [0.15, 0.2) is 11.5 Å². The van der Waals surface area contributed by atoms with Crippen molar-refractivity contribution in [2.75, 3.05) is 6.79 Å². The minimum Gasteiger partial charge on any atom is -0.454 e. The van der Waals surface area contributed by atoms with Gasteiger partial charge < -0.3 is 9.47 Å². The van der Waals surface area contributed by atoms with Gasteiger partial charge in [0.1, 0.15) is 0 Å². The van der Waals surface area contributed by atoms with Crippen LogP contribution in [-0.2, 0) is 0 Å². The smallest absolute Gasteiger partial charge is 0.231 e. The third kappa shape index (κ3) is 3.73. The molecule has 0 N–H and O–H groups in total. The van der Waals surface area contributed by atoms with Crippen molar-refractivity contribution in [2.24, 2.45) is 10.1 Å². The summed E-state index contributed by atoms with van der Waals surface area (Å²) in [6, 6.07) is 12.5. The van der Waals surface area contributed by atoms with Gasteiger partial charge in [0.05, 0.1) is 11.9 Å². The zero-order valence-corrected chi connectivity index (χ0v) is 17.3. The lowest BCUT2D eigenvalue weighted by atomic mass is 10.1. The van der Waals surface area contributed by atoms with Crippen LogP contribution in [-0.4, -0.2) is 23.7 Å². The quantitative estimate of drug-likeness (QED) is 0.601. The third-order valence-electron chi connectivity index (χ3n) is 4.58. The van der Waals surface area contributed by atoms with E-state index in [4.69, 9.17) is 19.6 Å². The highest BCUT2D eigenvalue weighted by Gasteiger charge is 2.13. The van der Waals surface area contributed by atoms with Crippen LogP contribution in [0.25, 0.3) is 11.3 Å². The number of aromatic nitrogens is 1. The van der Waals surface area contributed by atoms with E-state index in [2.05, 4.69) is 51.3 Å². The van der Waals surface area contributed by atoms with Gasteiger partial charge in [0.25, 0.3) is 0 Å². The van der Waals surface area contributed by atoms with Crippen LogP contribution in [0.2, 0.25) is 0 Å². The van der Waals surface area contributed by atoms with Crippen LogP contribution in [0.3, 0.4) is 0 Å². The van der Waals surface area contributed by atoms with Crippen molar-refractivity contribution in [2.45, 2.75) is 33.7 Å². The van der Waals surface area contributed by atoms with E-state index in [1.807, 2.05) is 29.1 Å². The first-order valence-electron chi connectivity index (χ1n) is 9.27. The second kappa shape index (κ2) is 7.64. The third-order valence-corrected chi connectivity index (χ3v) is 5.41. The van der Waals surface area contributed by atoms with Crippen molar-refractivity contribution in [3.8, 4) is 22.8 Å². The highest BCUT2D eigenvalue weighted by atomic mass is 32.1. The average Bonchev–Trinajstić information content (AvgIpc) is 3.28. The van der Waals surface area contributed by atoms with Crippen molar-refractivity contribution in [1.82, 2.24) is 4.68 Å². The summed E-state index contributed by atoms with van der Waals surface area (Å²) in [6.07, 6.45) is 1.83. The first-order valence-corrected chi connectivity index (χ1v) is 10.2. The maximum atomic E-state index is 5.46.